The standard InChI is InChI=1S/C42H56N8O4/c1-11-27-23(3)31-20-33-25(5)29(13-14-37(51)43-15-17-49(7)8)40(47-33)30(19-38(52)44-16-18-50(9)10)41-39(42(53)54)26(6)34(48-41)22-36-28(12-2)24(4)32(46-36)21-35(27)45-31/h11,20-22,25,29,46,48H,1,12-19H2,2-10H3,(H,43,51)(H,44,52)(H,53,54)/t25-,29-/m0/s1. The molecule has 5 N–H and O–H groups in total. The number of allylic oxidation sites excluding steroid dienone is 3. The van der Waals surface area contributed by atoms with Gasteiger partial charge in [-0.3, -0.25) is 14.6 Å². The summed E-state index contributed by atoms with van der Waals surface area (Å²) < 4.78 is 0. The molecular weight excluding hydrogens is 681 g/mol. The van der Waals surface area contributed by atoms with Crippen molar-refractivity contribution in [2.45, 2.75) is 72.1 Å². The highest BCUT2D eigenvalue weighted by Gasteiger charge is 2.34. The van der Waals surface area contributed by atoms with Crippen LogP contribution in [-0.2, 0) is 22.4 Å². The van der Waals surface area contributed by atoms with E-state index in [-0.39, 0.29) is 42.1 Å². The van der Waals surface area contributed by atoms with Gasteiger partial charge in [-0.05, 0) is 102 Å². The Labute approximate surface area is 318 Å². The maximum Gasteiger partial charge on any atom is 0.338 e. The van der Waals surface area contributed by atoms with Crippen LogP contribution >= 0.6 is 0 Å². The number of H-pyrrole nitrogens is 2. The highest BCUT2D eigenvalue weighted by atomic mass is 16.4. The van der Waals surface area contributed by atoms with Crippen molar-refractivity contribution in [1.29, 1.82) is 0 Å². The van der Waals surface area contributed by atoms with Crippen molar-refractivity contribution in [3.63, 3.8) is 0 Å². The molecule has 3 aromatic rings. The van der Waals surface area contributed by atoms with Crippen LogP contribution in [0.25, 0.3) is 33.2 Å². The van der Waals surface area contributed by atoms with Crippen molar-refractivity contribution in [3.05, 3.63) is 81.4 Å². The van der Waals surface area contributed by atoms with Crippen LogP contribution in [0.2, 0.25) is 0 Å². The number of amides is 2. The molecule has 0 radical (unpaired) electrons. The molecule has 0 aliphatic carbocycles. The third-order valence-electron chi connectivity index (χ3n) is 10.7. The molecule has 0 saturated heterocycles. The number of aromatic nitrogens is 4. The van der Waals surface area contributed by atoms with Gasteiger partial charge in [0.15, 0.2) is 0 Å². The highest BCUT2D eigenvalue weighted by Crippen LogP contribution is 2.43. The first kappa shape index (κ1) is 40.1. The van der Waals surface area contributed by atoms with Crippen LogP contribution in [0.15, 0.2) is 30.9 Å². The van der Waals surface area contributed by atoms with E-state index in [0.29, 0.717) is 53.9 Å². The van der Waals surface area contributed by atoms with Crippen LogP contribution in [0, 0.1) is 13.8 Å². The Bertz CT molecular complexity index is 2160. The summed E-state index contributed by atoms with van der Waals surface area (Å²) in [5.74, 6) is -1.87. The van der Waals surface area contributed by atoms with Gasteiger partial charge in [0, 0.05) is 77.8 Å². The van der Waals surface area contributed by atoms with E-state index in [1.165, 1.54) is 0 Å². The predicted molar refractivity (Wildman–Crippen MR) is 217 cm³/mol. The Kier molecular flexibility index (Phi) is 12.6. The van der Waals surface area contributed by atoms with E-state index in [4.69, 9.17) is 9.97 Å². The number of likely N-dealkylation sites (N-methyl/N-ethyl adjacent to an activating group) is 2. The van der Waals surface area contributed by atoms with Crippen molar-refractivity contribution in [2.75, 3.05) is 54.4 Å². The van der Waals surface area contributed by atoms with Crippen molar-refractivity contribution in [3.8, 4) is 0 Å². The fourth-order valence-electron chi connectivity index (χ4n) is 7.54. The Balaban J connectivity index is 1.86. The highest BCUT2D eigenvalue weighted by molar-refractivity contribution is 6.03. The number of hydrogen-bond acceptors (Lipinski definition) is 7. The van der Waals surface area contributed by atoms with E-state index in [1.54, 1.807) is 6.92 Å². The van der Waals surface area contributed by atoms with Gasteiger partial charge >= 0.3 is 5.97 Å². The number of rotatable bonds is 14. The molecule has 2 atom stereocenters. The fraction of sp³-hybridized carbons (Fsp3) is 0.452. The lowest BCUT2D eigenvalue weighted by atomic mass is 9.84. The Morgan fingerprint density at radius 1 is 0.870 bits per heavy atom. The number of carboxylic acids is 1. The number of carbonyl (C=O) groups is 3. The molecule has 2 amide bonds. The normalized spacial score (nSPS) is 15.6. The first-order chi connectivity index (χ1) is 25.6. The van der Waals surface area contributed by atoms with Crippen molar-refractivity contribution in [2.24, 2.45) is 0 Å². The van der Waals surface area contributed by atoms with Crippen molar-refractivity contribution < 1.29 is 19.5 Å². The van der Waals surface area contributed by atoms with E-state index >= 15 is 0 Å². The molecule has 0 unspecified atom stereocenters. The minimum atomic E-state index is -1.10. The van der Waals surface area contributed by atoms with Gasteiger partial charge in [-0.1, -0.05) is 26.5 Å². The van der Waals surface area contributed by atoms with Gasteiger partial charge in [0.25, 0.3) is 0 Å². The Morgan fingerprint density at radius 2 is 1.52 bits per heavy atom. The zero-order chi connectivity index (χ0) is 39.4. The molecule has 12 heteroatoms. The van der Waals surface area contributed by atoms with Gasteiger partial charge < -0.3 is 35.5 Å². The predicted octanol–water partition coefficient (Wildman–Crippen LogP) is 5.87. The molecule has 0 fully saturated rings. The van der Waals surface area contributed by atoms with E-state index in [2.05, 4.69) is 48.0 Å². The van der Waals surface area contributed by atoms with Gasteiger partial charge in [0.1, 0.15) is 0 Å². The summed E-state index contributed by atoms with van der Waals surface area (Å²) in [5.41, 5.74) is 10.9. The van der Waals surface area contributed by atoms with Crippen LogP contribution in [0.5, 0.6) is 0 Å². The lowest BCUT2D eigenvalue weighted by Gasteiger charge is -2.19. The van der Waals surface area contributed by atoms with Gasteiger partial charge in [0.2, 0.25) is 11.8 Å². The van der Waals surface area contributed by atoms with Crippen LogP contribution in [0.1, 0.15) is 101 Å². The largest absolute Gasteiger partial charge is 0.478 e. The second-order valence-electron chi connectivity index (χ2n) is 15.0. The lowest BCUT2D eigenvalue weighted by molar-refractivity contribution is -0.121. The summed E-state index contributed by atoms with van der Waals surface area (Å²) in [6.07, 6.45) is 3.18. The van der Waals surface area contributed by atoms with Gasteiger partial charge in [-0.25, -0.2) is 9.78 Å². The average molecular weight is 737 g/mol. The number of carboxylic acid groups (broad SMARTS) is 1. The number of carbonyl (C=O) groups excluding carboxylic acids is 2. The Hall–Kier alpha value is -5.07. The molecule has 3 aromatic heterocycles. The maximum absolute atomic E-state index is 13.8. The number of aromatic carboxylic acids is 1. The molecule has 288 valence electrons. The molecule has 0 aromatic carbocycles. The zero-order valence-corrected chi connectivity index (χ0v) is 33.3. The lowest BCUT2D eigenvalue weighted by Crippen LogP contribution is -2.32. The van der Waals surface area contributed by atoms with Crippen LogP contribution in [0.4, 0.5) is 0 Å². The third-order valence-corrected chi connectivity index (χ3v) is 10.7. The van der Waals surface area contributed by atoms with E-state index in [1.807, 2.05) is 69.2 Å². The second-order valence-corrected chi connectivity index (χ2v) is 15.0. The number of nitrogens with zero attached hydrogens (tertiary/aromatic N) is 4. The fourth-order valence-corrected chi connectivity index (χ4v) is 7.54. The molecule has 12 nitrogen and oxygen atoms in total. The van der Waals surface area contributed by atoms with Gasteiger partial charge in [0.05, 0.1) is 34.6 Å². The molecule has 2 aliphatic rings. The van der Waals surface area contributed by atoms with E-state index in [9.17, 15) is 19.5 Å². The van der Waals surface area contributed by atoms with Crippen LogP contribution < -0.4 is 10.6 Å². The molecule has 0 saturated carbocycles. The molecule has 5 rings (SSSR count). The average Bonchev–Trinajstić information content (AvgIpc) is 3.78. The van der Waals surface area contributed by atoms with Gasteiger partial charge in [-0.15, -0.1) is 0 Å². The number of aromatic amines is 2. The topological polar surface area (TPSA) is 159 Å². The molecule has 8 bridgehead atoms. The molecule has 5 heterocycles. The SMILES string of the molecule is C=CC1=C(C)c2cc3nc(c(CC(=O)NCCN(C)C)c4[nH]c(cc5[nH]c(cc1n2)c(C)c5CC)c(C)c4C(=O)O)[C@@H](CCC(=O)NCCN(C)C)[C@@H]3C. The summed E-state index contributed by atoms with van der Waals surface area (Å²) >= 11 is 0. The molecule has 54 heavy (non-hydrogen) atoms. The van der Waals surface area contributed by atoms with Crippen molar-refractivity contribution in [1.82, 2.24) is 40.4 Å². The third kappa shape index (κ3) is 8.50. The summed E-state index contributed by atoms with van der Waals surface area (Å²) in [7, 11) is 7.79. The Morgan fingerprint density at radius 3 is 2.13 bits per heavy atom. The molecule has 0 spiro atoms. The van der Waals surface area contributed by atoms with E-state index < -0.39 is 5.97 Å². The summed E-state index contributed by atoms with van der Waals surface area (Å²) in [6, 6.07) is 5.99. The smallest absolute Gasteiger partial charge is 0.338 e. The molecular formula is C42H56N8O4. The monoisotopic (exact) mass is 736 g/mol. The van der Waals surface area contributed by atoms with Gasteiger partial charge in [-0.2, -0.15) is 0 Å². The van der Waals surface area contributed by atoms with Crippen LogP contribution in [-0.4, -0.2) is 107 Å². The second kappa shape index (κ2) is 16.9. The first-order valence-corrected chi connectivity index (χ1v) is 18.8. The maximum atomic E-state index is 13.8. The van der Waals surface area contributed by atoms with E-state index in [0.717, 1.165) is 63.4 Å². The summed E-state index contributed by atoms with van der Waals surface area (Å²) in [5, 5.41) is 16.8. The number of aryl methyl sites for hydroxylation is 3. The summed E-state index contributed by atoms with van der Waals surface area (Å²) in [6.45, 7) is 16.5. The van der Waals surface area contributed by atoms with Crippen LogP contribution in [0.3, 0.4) is 0 Å². The minimum Gasteiger partial charge on any atom is -0.478 e. The summed E-state index contributed by atoms with van der Waals surface area (Å²) in [4.78, 5) is 61.4. The number of fused-ring (bicyclic) bond motifs is 8. The quantitative estimate of drug-likeness (QED) is 0.137. The zero-order valence-electron chi connectivity index (χ0n) is 33.3. The number of nitrogens with one attached hydrogen (secondary N) is 4. The molecule has 2 aliphatic heterocycles. The number of hydrogen-bond donors (Lipinski definition) is 5. The first-order valence-electron chi connectivity index (χ1n) is 18.8. The minimum absolute atomic E-state index is 0.0717. The van der Waals surface area contributed by atoms with Crippen molar-refractivity contribution >= 4 is 51.0 Å².